The summed E-state index contributed by atoms with van der Waals surface area (Å²) in [7, 11) is 4.83. The fourth-order valence-corrected chi connectivity index (χ4v) is 6.92. The van der Waals surface area contributed by atoms with E-state index in [1.807, 2.05) is 89.2 Å². The number of cyclic esters (lactones) is 3. The first-order valence-electron chi connectivity index (χ1n) is 19.7. The van der Waals surface area contributed by atoms with E-state index < -0.39 is 29.0 Å². The minimum atomic E-state index is -0.659. The van der Waals surface area contributed by atoms with Gasteiger partial charge in [0.15, 0.2) is 51.3 Å². The van der Waals surface area contributed by atoms with E-state index in [1.54, 1.807) is 21.3 Å². The van der Waals surface area contributed by atoms with Crippen molar-refractivity contribution in [3.63, 3.8) is 0 Å². The zero-order chi connectivity index (χ0) is 41.9. The first kappa shape index (κ1) is 43.4. The number of ether oxygens (including phenoxy) is 9. The van der Waals surface area contributed by atoms with Crippen LogP contribution in [0.4, 0.5) is 14.4 Å². The standard InChI is InChI=1S/C16H21NO4.C14H19NO4.C13H17NO4/c1-16(10-17-15(18)21-16)11-7-8-13(19-2)14(9-11)20-12-5-3-4-6-12;1-4-7-18-12-8-10(5-6-11(12)17-3)14(2)9-15-13(16)19-14;1-4-17-11-7-9(5-6-10(11)16-3)13(2)8-14-12(15)18-13/h7-9,12H,3-6,10H2,1-2H3,(H,17,18);5-6,8H,4,7,9H2,1-3H3,(H,15,16);5-7H,4,8H2,1-3H3,(H,14,15)/t16-;14-;13-/m000/s1. The molecular weight excluding hydrogens is 750 g/mol. The highest BCUT2D eigenvalue weighted by Crippen LogP contribution is 2.39. The summed E-state index contributed by atoms with van der Waals surface area (Å²) >= 11 is 0. The van der Waals surface area contributed by atoms with Crippen LogP contribution in [0.1, 0.15) is 83.4 Å². The Hall–Kier alpha value is -5.73. The lowest BCUT2D eigenvalue weighted by Gasteiger charge is -2.24. The van der Waals surface area contributed by atoms with Crippen LogP contribution in [0, 0.1) is 0 Å². The van der Waals surface area contributed by atoms with Crippen LogP contribution in [0.15, 0.2) is 54.6 Å². The SMILES string of the molecule is CCCOc1cc([C@]2(C)CNC(=O)O2)ccc1OC.CCOc1cc([C@]2(C)CNC(=O)O2)ccc1OC.COc1ccc([C@]2(C)CNC(=O)O2)cc1OC1CCCC1. The van der Waals surface area contributed by atoms with Gasteiger partial charge in [-0.3, -0.25) is 0 Å². The van der Waals surface area contributed by atoms with Gasteiger partial charge in [-0.2, -0.15) is 0 Å². The zero-order valence-corrected chi connectivity index (χ0v) is 34.7. The van der Waals surface area contributed by atoms with Crippen molar-refractivity contribution in [3.05, 3.63) is 71.3 Å². The molecule has 7 rings (SSSR count). The van der Waals surface area contributed by atoms with E-state index >= 15 is 0 Å². The van der Waals surface area contributed by atoms with E-state index in [0.29, 0.717) is 61.6 Å². The van der Waals surface area contributed by atoms with E-state index in [1.165, 1.54) is 12.8 Å². The Kier molecular flexibility index (Phi) is 14.3. The number of rotatable bonds is 13. The molecule has 0 radical (unpaired) electrons. The molecule has 3 aliphatic heterocycles. The molecule has 0 aromatic heterocycles. The molecule has 3 atom stereocenters. The minimum absolute atomic E-state index is 0.256. The van der Waals surface area contributed by atoms with Gasteiger partial charge in [0.05, 0.1) is 60.3 Å². The van der Waals surface area contributed by atoms with Gasteiger partial charge in [-0.05, 0) is 96.2 Å². The van der Waals surface area contributed by atoms with Crippen LogP contribution in [0.25, 0.3) is 0 Å². The molecular formula is C43H57N3O12. The minimum Gasteiger partial charge on any atom is -0.493 e. The van der Waals surface area contributed by atoms with Crippen LogP contribution < -0.4 is 44.4 Å². The molecule has 15 heteroatoms. The Morgan fingerprint density at radius 2 is 0.948 bits per heavy atom. The summed E-state index contributed by atoms with van der Waals surface area (Å²) in [4.78, 5) is 33.7. The summed E-state index contributed by atoms with van der Waals surface area (Å²) in [6.07, 6.45) is 4.60. The van der Waals surface area contributed by atoms with E-state index in [9.17, 15) is 14.4 Å². The van der Waals surface area contributed by atoms with Gasteiger partial charge in [0.25, 0.3) is 0 Å². The summed E-state index contributed by atoms with van der Waals surface area (Å²) in [6, 6.07) is 16.8. The van der Waals surface area contributed by atoms with Crippen LogP contribution in [-0.2, 0) is 31.0 Å². The number of hydrogen-bond acceptors (Lipinski definition) is 12. The van der Waals surface area contributed by atoms with Crippen molar-refractivity contribution < 1.29 is 57.0 Å². The van der Waals surface area contributed by atoms with Gasteiger partial charge in [0.1, 0.15) is 0 Å². The van der Waals surface area contributed by atoms with Crippen LogP contribution in [0.5, 0.6) is 34.5 Å². The number of alkyl carbamates (subject to hydrolysis) is 3. The number of hydrogen-bond donors (Lipinski definition) is 3. The topological polar surface area (TPSA) is 170 Å². The van der Waals surface area contributed by atoms with Gasteiger partial charge in [0, 0.05) is 16.7 Å². The predicted molar refractivity (Wildman–Crippen MR) is 214 cm³/mol. The van der Waals surface area contributed by atoms with Gasteiger partial charge < -0.3 is 58.6 Å². The maximum atomic E-state index is 11.3. The van der Waals surface area contributed by atoms with Crippen molar-refractivity contribution in [2.24, 2.45) is 0 Å². The van der Waals surface area contributed by atoms with Crippen molar-refractivity contribution >= 4 is 18.3 Å². The van der Waals surface area contributed by atoms with Crippen LogP contribution in [0.2, 0.25) is 0 Å². The second kappa shape index (κ2) is 19.1. The maximum Gasteiger partial charge on any atom is 0.408 e. The molecule has 0 spiro atoms. The molecule has 0 bridgehead atoms. The second-order valence-corrected chi connectivity index (χ2v) is 14.8. The Morgan fingerprint density at radius 1 is 0.569 bits per heavy atom. The molecule has 3 aromatic rings. The molecule has 4 fully saturated rings. The Bertz CT molecular complexity index is 1900. The predicted octanol–water partition coefficient (Wildman–Crippen LogP) is 7.46. The normalized spacial score (nSPS) is 23.3. The third kappa shape index (κ3) is 10.4. The molecule has 3 saturated heterocycles. The van der Waals surface area contributed by atoms with Crippen molar-refractivity contribution in [2.45, 2.75) is 89.6 Å². The summed E-state index contributed by atoms with van der Waals surface area (Å²) in [5, 5.41) is 8.02. The van der Waals surface area contributed by atoms with Gasteiger partial charge >= 0.3 is 18.3 Å². The molecule has 1 aliphatic carbocycles. The van der Waals surface area contributed by atoms with Gasteiger partial charge in [-0.1, -0.05) is 25.1 Å². The first-order valence-corrected chi connectivity index (χ1v) is 19.7. The maximum absolute atomic E-state index is 11.3. The molecule has 58 heavy (non-hydrogen) atoms. The monoisotopic (exact) mass is 807 g/mol. The van der Waals surface area contributed by atoms with E-state index in [2.05, 4.69) is 16.0 Å². The van der Waals surface area contributed by atoms with E-state index in [4.69, 9.17) is 42.6 Å². The summed E-state index contributed by atoms with van der Waals surface area (Å²) < 4.78 is 49.1. The summed E-state index contributed by atoms with van der Waals surface area (Å²) in [5.41, 5.74) is 0.706. The first-order chi connectivity index (χ1) is 27.8. The number of carbonyl (C=O) groups is 3. The van der Waals surface area contributed by atoms with Crippen LogP contribution in [0.3, 0.4) is 0 Å². The number of nitrogens with one attached hydrogen (secondary N) is 3. The zero-order valence-electron chi connectivity index (χ0n) is 34.7. The van der Waals surface area contributed by atoms with Crippen LogP contribution in [-0.4, -0.2) is 78.6 Å². The number of benzene rings is 3. The van der Waals surface area contributed by atoms with Gasteiger partial charge in [-0.25, -0.2) is 14.4 Å². The van der Waals surface area contributed by atoms with Crippen molar-refractivity contribution in [1.29, 1.82) is 0 Å². The Morgan fingerprint density at radius 3 is 1.29 bits per heavy atom. The lowest BCUT2D eigenvalue weighted by atomic mass is 9.96. The molecule has 3 N–H and O–H groups in total. The average Bonchev–Trinajstić information content (AvgIpc) is 4.03. The Balaban J connectivity index is 0.000000166. The number of carbonyl (C=O) groups excluding carboxylic acids is 3. The molecule has 0 unspecified atom stereocenters. The van der Waals surface area contributed by atoms with Gasteiger partial charge in [0.2, 0.25) is 0 Å². The third-order valence-corrected chi connectivity index (χ3v) is 10.3. The fourth-order valence-electron chi connectivity index (χ4n) is 6.92. The molecule has 3 heterocycles. The Labute approximate surface area is 340 Å². The quantitative estimate of drug-likeness (QED) is 0.146. The summed E-state index contributed by atoms with van der Waals surface area (Å²) in [5.74, 6) is 4.12. The lowest BCUT2D eigenvalue weighted by molar-refractivity contribution is 0.0692. The highest BCUT2D eigenvalue weighted by molar-refractivity contribution is 5.72. The van der Waals surface area contributed by atoms with E-state index in [0.717, 1.165) is 41.7 Å². The second-order valence-electron chi connectivity index (χ2n) is 14.8. The fraction of sp³-hybridized carbons (Fsp3) is 0.512. The highest BCUT2D eigenvalue weighted by atomic mass is 16.6. The molecule has 4 aliphatic rings. The number of methoxy groups -OCH3 is 3. The number of amides is 3. The molecule has 3 amide bonds. The van der Waals surface area contributed by atoms with Crippen molar-refractivity contribution in [3.8, 4) is 34.5 Å². The summed E-state index contributed by atoms with van der Waals surface area (Å²) in [6.45, 7) is 12.1. The molecule has 15 nitrogen and oxygen atoms in total. The third-order valence-electron chi connectivity index (χ3n) is 10.3. The van der Waals surface area contributed by atoms with E-state index in [-0.39, 0.29) is 12.2 Å². The lowest BCUT2D eigenvalue weighted by Crippen LogP contribution is -2.26. The average molecular weight is 808 g/mol. The molecule has 3 aromatic carbocycles. The van der Waals surface area contributed by atoms with Crippen molar-refractivity contribution in [1.82, 2.24) is 16.0 Å². The van der Waals surface area contributed by atoms with Crippen LogP contribution >= 0.6 is 0 Å². The van der Waals surface area contributed by atoms with Gasteiger partial charge in [-0.15, -0.1) is 0 Å². The largest absolute Gasteiger partial charge is 0.493 e. The van der Waals surface area contributed by atoms with Crippen molar-refractivity contribution in [2.75, 3.05) is 54.2 Å². The molecule has 1 saturated carbocycles. The highest BCUT2D eigenvalue weighted by Gasteiger charge is 2.40. The molecule has 316 valence electrons. The smallest absolute Gasteiger partial charge is 0.408 e.